The summed E-state index contributed by atoms with van der Waals surface area (Å²) in [6.07, 6.45) is 4.62. The molecule has 0 N–H and O–H groups in total. The molecule has 1 aliphatic rings. The van der Waals surface area contributed by atoms with Crippen LogP contribution >= 0.6 is 0 Å². The van der Waals surface area contributed by atoms with Crippen LogP contribution in [0.4, 0.5) is 0 Å². The van der Waals surface area contributed by atoms with Gasteiger partial charge in [-0.1, -0.05) is 24.3 Å². The zero-order chi connectivity index (χ0) is 20.1. The Kier molecular flexibility index (Phi) is 5.89. The van der Waals surface area contributed by atoms with E-state index in [1.165, 1.54) is 0 Å². The Labute approximate surface area is 170 Å². The van der Waals surface area contributed by atoms with Crippen molar-refractivity contribution in [1.82, 2.24) is 14.9 Å². The monoisotopic (exact) mass is 391 g/mol. The van der Waals surface area contributed by atoms with Crippen LogP contribution in [-0.4, -0.2) is 47.1 Å². The summed E-state index contributed by atoms with van der Waals surface area (Å²) in [6, 6.07) is 15.6. The normalized spacial score (nSPS) is 14.7. The molecule has 1 aromatic heterocycles. The molecule has 4 rings (SSSR count). The van der Waals surface area contributed by atoms with Crippen LogP contribution in [0.1, 0.15) is 24.8 Å². The van der Waals surface area contributed by atoms with Crippen molar-refractivity contribution < 1.29 is 14.3 Å². The van der Waals surface area contributed by atoms with Crippen LogP contribution in [0.15, 0.2) is 54.7 Å². The van der Waals surface area contributed by atoms with E-state index in [1.807, 2.05) is 53.4 Å². The Morgan fingerprint density at radius 1 is 1.07 bits per heavy atom. The van der Waals surface area contributed by atoms with Gasteiger partial charge in [0.1, 0.15) is 11.9 Å². The van der Waals surface area contributed by atoms with E-state index >= 15 is 0 Å². The van der Waals surface area contributed by atoms with Crippen molar-refractivity contribution in [2.75, 3.05) is 20.2 Å². The number of nitrogens with zero attached hydrogens (tertiary/aromatic N) is 3. The third kappa shape index (κ3) is 4.83. The quantitative estimate of drug-likeness (QED) is 0.642. The number of aromatic nitrogens is 2. The first-order valence-electron chi connectivity index (χ1n) is 10.0. The molecule has 0 saturated carbocycles. The highest BCUT2D eigenvalue weighted by Crippen LogP contribution is 2.20. The Hall–Kier alpha value is -3.15. The molecule has 0 radical (unpaired) electrons. The van der Waals surface area contributed by atoms with Gasteiger partial charge in [-0.25, -0.2) is 9.97 Å². The van der Waals surface area contributed by atoms with Gasteiger partial charge < -0.3 is 14.4 Å². The molecule has 0 unspecified atom stereocenters. The summed E-state index contributed by atoms with van der Waals surface area (Å²) in [5.41, 5.74) is 2.83. The van der Waals surface area contributed by atoms with E-state index < -0.39 is 0 Å². The summed E-state index contributed by atoms with van der Waals surface area (Å²) in [5.74, 6) is 1.58. The summed E-state index contributed by atoms with van der Waals surface area (Å²) in [6.45, 7) is 1.43. The van der Waals surface area contributed by atoms with Gasteiger partial charge in [0.15, 0.2) is 0 Å². The fraction of sp³-hybridized carbons (Fsp3) is 0.348. The van der Waals surface area contributed by atoms with Gasteiger partial charge in [-0.05, 0) is 36.2 Å². The molecule has 1 amide bonds. The van der Waals surface area contributed by atoms with Gasteiger partial charge in [0.05, 0.1) is 24.3 Å². The third-order valence-electron chi connectivity index (χ3n) is 5.30. The molecule has 1 saturated heterocycles. The SMILES string of the molecule is COc1ccc(CCC(=O)N2CCC(Oc3cnc4ccccc4n3)CC2)cc1. The van der Waals surface area contributed by atoms with Crippen LogP contribution in [0.2, 0.25) is 0 Å². The number of carbonyl (C=O) groups is 1. The fourth-order valence-corrected chi connectivity index (χ4v) is 3.59. The molecule has 2 heterocycles. The van der Waals surface area contributed by atoms with Crippen molar-refractivity contribution in [2.24, 2.45) is 0 Å². The number of amides is 1. The summed E-state index contributed by atoms with van der Waals surface area (Å²) in [5, 5.41) is 0. The van der Waals surface area contributed by atoms with Gasteiger partial charge in [-0.3, -0.25) is 4.79 Å². The fourth-order valence-electron chi connectivity index (χ4n) is 3.59. The standard InChI is InChI=1S/C23H25N3O3/c1-28-18-9-6-17(7-10-18)8-11-23(27)26-14-12-19(13-15-26)29-22-16-24-20-4-2-3-5-21(20)25-22/h2-7,9-10,16,19H,8,11-15H2,1H3. The van der Waals surface area contributed by atoms with Crippen molar-refractivity contribution in [1.29, 1.82) is 0 Å². The number of rotatable bonds is 6. The van der Waals surface area contributed by atoms with Crippen molar-refractivity contribution in [2.45, 2.75) is 31.8 Å². The van der Waals surface area contributed by atoms with E-state index in [9.17, 15) is 4.79 Å². The molecule has 0 spiro atoms. The summed E-state index contributed by atoms with van der Waals surface area (Å²) < 4.78 is 11.2. The predicted octanol–water partition coefficient (Wildman–Crippen LogP) is 3.64. The van der Waals surface area contributed by atoms with Crippen LogP contribution in [0.5, 0.6) is 11.6 Å². The molecule has 3 aromatic rings. The highest BCUT2D eigenvalue weighted by atomic mass is 16.5. The van der Waals surface area contributed by atoms with Gasteiger partial charge in [-0.15, -0.1) is 0 Å². The topological polar surface area (TPSA) is 64.5 Å². The number of methoxy groups -OCH3 is 1. The summed E-state index contributed by atoms with van der Waals surface area (Å²) in [7, 11) is 1.65. The predicted molar refractivity (Wildman–Crippen MR) is 111 cm³/mol. The van der Waals surface area contributed by atoms with Crippen LogP contribution in [-0.2, 0) is 11.2 Å². The van der Waals surface area contributed by atoms with Crippen molar-refractivity contribution >= 4 is 16.9 Å². The molecule has 29 heavy (non-hydrogen) atoms. The largest absolute Gasteiger partial charge is 0.497 e. The molecule has 2 aromatic carbocycles. The lowest BCUT2D eigenvalue weighted by Gasteiger charge is -2.32. The second-order valence-corrected chi connectivity index (χ2v) is 7.24. The molecular weight excluding hydrogens is 366 g/mol. The average molecular weight is 391 g/mol. The Balaban J connectivity index is 1.25. The second kappa shape index (κ2) is 8.90. The Morgan fingerprint density at radius 2 is 1.79 bits per heavy atom. The molecule has 1 fully saturated rings. The molecular formula is C23H25N3O3. The number of piperidine rings is 1. The first-order chi connectivity index (χ1) is 14.2. The van der Waals surface area contributed by atoms with Gasteiger partial charge in [0, 0.05) is 32.4 Å². The molecule has 150 valence electrons. The van der Waals surface area contributed by atoms with Gasteiger partial charge >= 0.3 is 0 Å². The van der Waals surface area contributed by atoms with Crippen molar-refractivity contribution in [3.05, 3.63) is 60.3 Å². The van der Waals surface area contributed by atoms with Gasteiger partial charge in [0.25, 0.3) is 0 Å². The number of hydrogen-bond acceptors (Lipinski definition) is 5. The van der Waals surface area contributed by atoms with Crippen molar-refractivity contribution in [3.8, 4) is 11.6 Å². The average Bonchev–Trinajstić information content (AvgIpc) is 2.78. The summed E-state index contributed by atoms with van der Waals surface area (Å²) in [4.78, 5) is 23.4. The number of hydrogen-bond donors (Lipinski definition) is 0. The zero-order valence-corrected chi connectivity index (χ0v) is 16.6. The van der Waals surface area contributed by atoms with E-state index in [1.54, 1.807) is 13.3 Å². The number of aryl methyl sites for hydroxylation is 1. The second-order valence-electron chi connectivity index (χ2n) is 7.24. The first-order valence-corrected chi connectivity index (χ1v) is 10.0. The highest BCUT2D eigenvalue weighted by molar-refractivity contribution is 5.76. The maximum absolute atomic E-state index is 12.5. The number of fused-ring (bicyclic) bond motifs is 1. The van der Waals surface area contributed by atoms with Crippen LogP contribution in [0.3, 0.4) is 0 Å². The van der Waals surface area contributed by atoms with E-state index in [-0.39, 0.29) is 12.0 Å². The third-order valence-corrected chi connectivity index (χ3v) is 5.30. The lowest BCUT2D eigenvalue weighted by molar-refractivity contribution is -0.132. The lowest BCUT2D eigenvalue weighted by atomic mass is 10.1. The van der Waals surface area contributed by atoms with E-state index in [0.717, 1.165) is 41.6 Å². The number of likely N-dealkylation sites (tertiary alicyclic amines) is 1. The Bertz CT molecular complexity index is 967. The summed E-state index contributed by atoms with van der Waals surface area (Å²) >= 11 is 0. The molecule has 0 atom stereocenters. The van der Waals surface area contributed by atoms with Gasteiger partial charge in [-0.2, -0.15) is 0 Å². The molecule has 0 bridgehead atoms. The minimum atomic E-state index is 0.0658. The lowest BCUT2D eigenvalue weighted by Crippen LogP contribution is -2.41. The minimum Gasteiger partial charge on any atom is -0.497 e. The van der Waals surface area contributed by atoms with Crippen LogP contribution in [0.25, 0.3) is 11.0 Å². The molecule has 6 heteroatoms. The van der Waals surface area contributed by atoms with E-state index in [0.29, 0.717) is 25.4 Å². The van der Waals surface area contributed by atoms with Crippen LogP contribution in [0, 0.1) is 0 Å². The maximum Gasteiger partial charge on any atom is 0.233 e. The number of para-hydroxylation sites is 2. The number of ether oxygens (including phenoxy) is 2. The number of benzene rings is 2. The smallest absolute Gasteiger partial charge is 0.233 e. The minimum absolute atomic E-state index is 0.0658. The number of carbonyl (C=O) groups excluding carboxylic acids is 1. The van der Waals surface area contributed by atoms with E-state index in [2.05, 4.69) is 9.97 Å². The molecule has 1 aliphatic heterocycles. The highest BCUT2D eigenvalue weighted by Gasteiger charge is 2.24. The molecule has 6 nitrogen and oxygen atoms in total. The Morgan fingerprint density at radius 3 is 2.52 bits per heavy atom. The van der Waals surface area contributed by atoms with Gasteiger partial charge in [0.2, 0.25) is 11.8 Å². The molecule has 0 aliphatic carbocycles. The van der Waals surface area contributed by atoms with Crippen LogP contribution < -0.4 is 9.47 Å². The van der Waals surface area contributed by atoms with Crippen molar-refractivity contribution in [3.63, 3.8) is 0 Å². The zero-order valence-electron chi connectivity index (χ0n) is 16.6. The maximum atomic E-state index is 12.5. The van der Waals surface area contributed by atoms with E-state index in [4.69, 9.17) is 9.47 Å². The first kappa shape index (κ1) is 19.2.